The number of carbonyl (C=O) groups is 2. The van der Waals surface area contributed by atoms with Gasteiger partial charge in [0.1, 0.15) is 0 Å². The maximum Gasteiger partial charge on any atom is 0.255 e. The van der Waals surface area contributed by atoms with Gasteiger partial charge in [-0.05, 0) is 31.9 Å². The van der Waals surface area contributed by atoms with Crippen LogP contribution in [0.25, 0.3) is 0 Å². The number of nitrogens with zero attached hydrogens (tertiary/aromatic N) is 1. The van der Waals surface area contributed by atoms with Crippen LogP contribution in [-0.4, -0.2) is 56.1 Å². The topological polar surface area (TPSA) is 70.7 Å². The van der Waals surface area contributed by atoms with Gasteiger partial charge in [0, 0.05) is 44.4 Å². The number of carbonyl (C=O) groups excluding carboxylic acids is 2. The number of methoxy groups -OCH3 is 1. The summed E-state index contributed by atoms with van der Waals surface area (Å²) >= 11 is 0. The van der Waals surface area contributed by atoms with Gasteiger partial charge < -0.3 is 20.3 Å². The number of rotatable bonds is 8. The third-order valence-electron chi connectivity index (χ3n) is 4.55. The summed E-state index contributed by atoms with van der Waals surface area (Å²) in [5.74, 6) is 0.00552. The summed E-state index contributed by atoms with van der Waals surface area (Å²) in [6.45, 7) is 7.90. The number of nitrogens with one attached hydrogen (secondary N) is 2. The molecule has 1 aromatic rings. The summed E-state index contributed by atoms with van der Waals surface area (Å²) in [5, 5.41) is 6.17. The van der Waals surface area contributed by atoms with E-state index in [4.69, 9.17) is 4.74 Å². The minimum atomic E-state index is -0.0486. The summed E-state index contributed by atoms with van der Waals surface area (Å²) in [7, 11) is 1.62. The van der Waals surface area contributed by atoms with Gasteiger partial charge in [0.05, 0.1) is 12.2 Å². The number of likely N-dealkylation sites (tertiary alicyclic amines) is 1. The predicted octanol–water partition coefficient (Wildman–Crippen LogP) is 2.29. The molecule has 1 heterocycles. The second kappa shape index (κ2) is 9.97. The Morgan fingerprint density at radius 2 is 2.04 bits per heavy atom. The fourth-order valence-corrected chi connectivity index (χ4v) is 3.17. The Labute approximate surface area is 155 Å². The van der Waals surface area contributed by atoms with Gasteiger partial charge in [-0.2, -0.15) is 0 Å². The zero-order valence-electron chi connectivity index (χ0n) is 15.7. The lowest BCUT2D eigenvalue weighted by Crippen LogP contribution is -2.45. The van der Waals surface area contributed by atoms with Gasteiger partial charge in [0.2, 0.25) is 5.91 Å². The fraction of sp³-hybridized carbons (Fsp3) is 0.500. The van der Waals surface area contributed by atoms with Gasteiger partial charge in [0.15, 0.2) is 0 Å². The molecule has 6 heteroatoms. The molecular weight excluding hydrogens is 330 g/mol. The molecule has 6 nitrogen and oxygen atoms in total. The third kappa shape index (κ3) is 5.33. The van der Waals surface area contributed by atoms with Crippen molar-refractivity contribution in [3.05, 3.63) is 42.5 Å². The molecule has 2 amide bonds. The number of para-hydroxylation sites is 1. The number of anilines is 1. The average molecular weight is 359 g/mol. The van der Waals surface area contributed by atoms with Crippen LogP contribution in [0.3, 0.4) is 0 Å². The van der Waals surface area contributed by atoms with E-state index < -0.39 is 0 Å². The van der Waals surface area contributed by atoms with Crippen LogP contribution in [0.4, 0.5) is 5.69 Å². The van der Waals surface area contributed by atoms with Crippen molar-refractivity contribution in [1.29, 1.82) is 0 Å². The largest absolute Gasteiger partial charge is 0.383 e. The van der Waals surface area contributed by atoms with Crippen LogP contribution in [0.1, 0.15) is 30.1 Å². The Morgan fingerprint density at radius 3 is 2.69 bits per heavy atom. The van der Waals surface area contributed by atoms with Gasteiger partial charge in [-0.15, -0.1) is 6.58 Å². The van der Waals surface area contributed by atoms with E-state index in [9.17, 15) is 9.59 Å². The number of hydrogen-bond donors (Lipinski definition) is 2. The van der Waals surface area contributed by atoms with Crippen LogP contribution >= 0.6 is 0 Å². The lowest BCUT2D eigenvalue weighted by molar-refractivity contribution is -0.127. The second-order valence-corrected chi connectivity index (χ2v) is 6.65. The monoisotopic (exact) mass is 359 g/mol. The Bertz CT molecular complexity index is 624. The molecule has 0 spiro atoms. The highest BCUT2D eigenvalue weighted by molar-refractivity contribution is 5.99. The summed E-state index contributed by atoms with van der Waals surface area (Å²) < 4.78 is 5.05. The molecule has 2 N–H and O–H groups in total. The first-order chi connectivity index (χ1) is 12.6. The highest BCUT2D eigenvalue weighted by atomic mass is 16.5. The van der Waals surface area contributed by atoms with Crippen molar-refractivity contribution in [2.45, 2.75) is 25.8 Å². The first-order valence-electron chi connectivity index (χ1n) is 9.09. The van der Waals surface area contributed by atoms with E-state index in [1.165, 1.54) is 0 Å². The van der Waals surface area contributed by atoms with E-state index in [2.05, 4.69) is 17.2 Å². The van der Waals surface area contributed by atoms with E-state index in [1.54, 1.807) is 13.2 Å². The second-order valence-electron chi connectivity index (χ2n) is 6.65. The number of piperidine rings is 1. The molecule has 1 aliphatic heterocycles. The SMILES string of the molecule is C=CCNc1ccccc1C(=O)N1CCC(C(=O)N[C@H](C)COC)CC1. The molecule has 1 fully saturated rings. The number of hydrogen-bond acceptors (Lipinski definition) is 4. The zero-order chi connectivity index (χ0) is 18.9. The van der Waals surface area contributed by atoms with Crippen molar-refractivity contribution in [2.75, 3.05) is 38.7 Å². The molecule has 0 radical (unpaired) electrons. The molecule has 0 aliphatic carbocycles. The van der Waals surface area contributed by atoms with Crippen molar-refractivity contribution in [1.82, 2.24) is 10.2 Å². The highest BCUT2D eigenvalue weighted by Gasteiger charge is 2.29. The number of amides is 2. The first kappa shape index (κ1) is 20.0. The zero-order valence-corrected chi connectivity index (χ0v) is 15.7. The minimum Gasteiger partial charge on any atom is -0.383 e. The number of ether oxygens (including phenoxy) is 1. The molecule has 0 saturated carbocycles. The average Bonchev–Trinajstić information content (AvgIpc) is 2.66. The Hall–Kier alpha value is -2.34. The molecule has 2 rings (SSSR count). The molecule has 0 unspecified atom stereocenters. The van der Waals surface area contributed by atoms with Gasteiger partial charge in [0.25, 0.3) is 5.91 Å². The van der Waals surface area contributed by atoms with Crippen molar-refractivity contribution < 1.29 is 14.3 Å². The molecule has 142 valence electrons. The van der Waals surface area contributed by atoms with E-state index in [0.29, 0.717) is 44.6 Å². The lowest BCUT2D eigenvalue weighted by atomic mass is 9.95. The van der Waals surface area contributed by atoms with Crippen molar-refractivity contribution in [2.24, 2.45) is 5.92 Å². The molecule has 26 heavy (non-hydrogen) atoms. The fourth-order valence-electron chi connectivity index (χ4n) is 3.17. The molecule has 1 saturated heterocycles. The van der Waals surface area contributed by atoms with Crippen LogP contribution in [0.5, 0.6) is 0 Å². The lowest BCUT2D eigenvalue weighted by Gasteiger charge is -2.32. The Kier molecular flexibility index (Phi) is 7.66. The molecule has 0 aromatic heterocycles. The minimum absolute atomic E-state index is 0.00349. The molecule has 0 bridgehead atoms. The maximum absolute atomic E-state index is 12.9. The summed E-state index contributed by atoms with van der Waals surface area (Å²) in [6, 6.07) is 7.49. The van der Waals surface area contributed by atoms with Gasteiger partial charge in [-0.3, -0.25) is 9.59 Å². The van der Waals surface area contributed by atoms with Gasteiger partial charge in [-0.1, -0.05) is 18.2 Å². The summed E-state index contributed by atoms with van der Waals surface area (Å²) in [5.41, 5.74) is 1.47. The number of benzene rings is 1. The van der Waals surface area contributed by atoms with Gasteiger partial charge >= 0.3 is 0 Å². The highest BCUT2D eigenvalue weighted by Crippen LogP contribution is 2.22. The van der Waals surface area contributed by atoms with Crippen molar-refractivity contribution in [3.8, 4) is 0 Å². The molecule has 1 atom stereocenters. The summed E-state index contributed by atoms with van der Waals surface area (Å²) in [6.07, 6.45) is 3.12. The predicted molar refractivity (Wildman–Crippen MR) is 103 cm³/mol. The maximum atomic E-state index is 12.9. The smallest absolute Gasteiger partial charge is 0.255 e. The van der Waals surface area contributed by atoms with Crippen molar-refractivity contribution in [3.63, 3.8) is 0 Å². The first-order valence-corrected chi connectivity index (χ1v) is 9.09. The molecular formula is C20H29N3O3. The quantitative estimate of drug-likeness (QED) is 0.699. The van der Waals surface area contributed by atoms with Crippen LogP contribution in [0.15, 0.2) is 36.9 Å². The van der Waals surface area contributed by atoms with Crippen LogP contribution in [-0.2, 0) is 9.53 Å². The van der Waals surface area contributed by atoms with Crippen molar-refractivity contribution >= 4 is 17.5 Å². The van der Waals surface area contributed by atoms with Crippen LogP contribution < -0.4 is 10.6 Å². The standard InChI is InChI=1S/C20H29N3O3/c1-4-11-21-18-8-6-5-7-17(18)20(25)23-12-9-16(10-13-23)19(24)22-15(2)14-26-3/h4-8,15-16,21H,1,9-14H2,2-3H3,(H,22,24)/t15-/m1/s1. The van der Waals surface area contributed by atoms with E-state index >= 15 is 0 Å². The van der Waals surface area contributed by atoms with Crippen LogP contribution in [0, 0.1) is 5.92 Å². The van der Waals surface area contributed by atoms with Gasteiger partial charge in [-0.25, -0.2) is 0 Å². The van der Waals surface area contributed by atoms with E-state index in [0.717, 1.165) is 5.69 Å². The Balaban J connectivity index is 1.92. The van der Waals surface area contributed by atoms with E-state index in [-0.39, 0.29) is 23.8 Å². The van der Waals surface area contributed by atoms with E-state index in [1.807, 2.05) is 36.1 Å². The Morgan fingerprint density at radius 1 is 1.35 bits per heavy atom. The molecule has 1 aliphatic rings. The van der Waals surface area contributed by atoms with Crippen LogP contribution in [0.2, 0.25) is 0 Å². The third-order valence-corrected chi connectivity index (χ3v) is 4.55. The summed E-state index contributed by atoms with van der Waals surface area (Å²) in [4.78, 5) is 27.0. The molecule has 1 aromatic carbocycles. The normalized spacial score (nSPS) is 16.0.